The summed E-state index contributed by atoms with van der Waals surface area (Å²) in [4.78, 5) is 25.1. The number of rotatable bonds is 5. The SMILES string of the molecule is CC(C)C(NC(=O)c1ccc(C(C)(C)C)cc1)C(=O)Nc1ccn(C)n1. The first-order valence-corrected chi connectivity index (χ1v) is 8.80. The van der Waals surface area contributed by atoms with Crippen LogP contribution in [-0.4, -0.2) is 27.6 Å². The molecule has 0 aliphatic heterocycles. The van der Waals surface area contributed by atoms with E-state index in [-0.39, 0.29) is 23.1 Å². The molecule has 1 atom stereocenters. The van der Waals surface area contributed by atoms with Crippen LogP contribution in [0.5, 0.6) is 0 Å². The summed E-state index contributed by atoms with van der Waals surface area (Å²) in [7, 11) is 1.78. The average Bonchev–Trinajstić information content (AvgIpc) is 2.96. The Labute approximate surface area is 155 Å². The highest BCUT2D eigenvalue weighted by atomic mass is 16.2. The van der Waals surface area contributed by atoms with Gasteiger partial charge in [0.05, 0.1) is 0 Å². The lowest BCUT2D eigenvalue weighted by molar-refractivity contribution is -0.118. The Morgan fingerprint density at radius 2 is 1.69 bits per heavy atom. The molecule has 2 amide bonds. The lowest BCUT2D eigenvalue weighted by atomic mass is 9.86. The van der Waals surface area contributed by atoms with Crippen LogP contribution in [0.25, 0.3) is 0 Å². The second-order valence-corrected chi connectivity index (χ2v) is 7.89. The van der Waals surface area contributed by atoms with E-state index in [1.165, 1.54) is 0 Å². The molecular formula is C20H28N4O2. The van der Waals surface area contributed by atoms with E-state index in [0.717, 1.165) is 5.56 Å². The molecule has 0 aliphatic rings. The number of hydrogen-bond donors (Lipinski definition) is 2. The Morgan fingerprint density at radius 1 is 1.08 bits per heavy atom. The average molecular weight is 356 g/mol. The fraction of sp³-hybridized carbons (Fsp3) is 0.450. The first-order chi connectivity index (χ1) is 12.1. The number of carbonyl (C=O) groups excluding carboxylic acids is 2. The van der Waals surface area contributed by atoms with Crippen molar-refractivity contribution in [1.29, 1.82) is 0 Å². The molecule has 0 saturated heterocycles. The van der Waals surface area contributed by atoms with Crippen LogP contribution in [0.15, 0.2) is 36.5 Å². The van der Waals surface area contributed by atoms with Gasteiger partial charge in [-0.1, -0.05) is 46.8 Å². The van der Waals surface area contributed by atoms with Gasteiger partial charge in [0.2, 0.25) is 5.91 Å². The highest BCUT2D eigenvalue weighted by Gasteiger charge is 2.25. The number of aromatic nitrogens is 2. The van der Waals surface area contributed by atoms with Gasteiger partial charge in [0.25, 0.3) is 5.91 Å². The highest BCUT2D eigenvalue weighted by molar-refractivity contribution is 6.01. The standard InChI is InChI=1S/C20H28N4O2/c1-13(2)17(19(26)21-16-11-12-24(6)23-16)22-18(25)14-7-9-15(10-8-14)20(3,4)5/h7-13,17H,1-6H3,(H,22,25)(H,21,23,26). The van der Waals surface area contributed by atoms with Crippen LogP contribution in [0.3, 0.4) is 0 Å². The van der Waals surface area contributed by atoms with E-state index in [0.29, 0.717) is 11.4 Å². The summed E-state index contributed by atoms with van der Waals surface area (Å²) in [5.74, 6) is -0.137. The molecule has 6 heteroatoms. The maximum atomic E-state index is 12.6. The van der Waals surface area contributed by atoms with E-state index in [1.807, 2.05) is 26.0 Å². The van der Waals surface area contributed by atoms with Crippen molar-refractivity contribution in [3.8, 4) is 0 Å². The molecule has 0 bridgehead atoms. The Balaban J connectivity index is 2.08. The van der Waals surface area contributed by atoms with Gasteiger partial charge in [0.1, 0.15) is 6.04 Å². The second-order valence-electron chi connectivity index (χ2n) is 7.89. The molecule has 140 valence electrons. The largest absolute Gasteiger partial charge is 0.340 e. The number of amides is 2. The van der Waals surface area contributed by atoms with Crippen molar-refractivity contribution in [2.24, 2.45) is 13.0 Å². The molecular weight excluding hydrogens is 328 g/mol. The zero-order valence-electron chi connectivity index (χ0n) is 16.3. The molecule has 2 aromatic rings. The lowest BCUT2D eigenvalue weighted by Crippen LogP contribution is -2.47. The highest BCUT2D eigenvalue weighted by Crippen LogP contribution is 2.22. The van der Waals surface area contributed by atoms with Crippen molar-refractivity contribution >= 4 is 17.6 Å². The number of carbonyl (C=O) groups is 2. The van der Waals surface area contributed by atoms with Crippen LogP contribution in [-0.2, 0) is 17.3 Å². The molecule has 1 unspecified atom stereocenters. The van der Waals surface area contributed by atoms with Crippen LogP contribution >= 0.6 is 0 Å². The first-order valence-electron chi connectivity index (χ1n) is 8.80. The summed E-state index contributed by atoms with van der Waals surface area (Å²) in [5.41, 5.74) is 1.72. The molecule has 26 heavy (non-hydrogen) atoms. The molecule has 2 N–H and O–H groups in total. The molecule has 1 aromatic carbocycles. The number of benzene rings is 1. The van der Waals surface area contributed by atoms with E-state index in [9.17, 15) is 9.59 Å². The van der Waals surface area contributed by atoms with E-state index in [4.69, 9.17) is 0 Å². The van der Waals surface area contributed by atoms with Gasteiger partial charge in [-0.3, -0.25) is 14.3 Å². The van der Waals surface area contributed by atoms with Crippen LogP contribution in [0, 0.1) is 5.92 Å². The summed E-state index contributed by atoms with van der Waals surface area (Å²) in [6.45, 7) is 10.2. The van der Waals surface area contributed by atoms with Crippen LogP contribution in [0.2, 0.25) is 0 Å². The number of nitrogens with one attached hydrogen (secondary N) is 2. The zero-order valence-corrected chi connectivity index (χ0v) is 16.3. The predicted octanol–water partition coefficient (Wildman–Crippen LogP) is 3.11. The van der Waals surface area contributed by atoms with Gasteiger partial charge in [0, 0.05) is 24.9 Å². The zero-order chi connectivity index (χ0) is 19.5. The molecule has 6 nitrogen and oxygen atoms in total. The molecule has 0 radical (unpaired) electrons. The normalized spacial score (nSPS) is 12.7. The number of aryl methyl sites for hydroxylation is 1. The third-order valence-electron chi connectivity index (χ3n) is 4.21. The third kappa shape index (κ3) is 4.94. The van der Waals surface area contributed by atoms with Gasteiger partial charge < -0.3 is 10.6 Å². The van der Waals surface area contributed by atoms with Crippen molar-refractivity contribution in [2.75, 3.05) is 5.32 Å². The summed E-state index contributed by atoms with van der Waals surface area (Å²) >= 11 is 0. The third-order valence-corrected chi connectivity index (χ3v) is 4.21. The maximum absolute atomic E-state index is 12.6. The van der Waals surface area contributed by atoms with Crippen LogP contribution < -0.4 is 10.6 Å². The van der Waals surface area contributed by atoms with E-state index in [1.54, 1.807) is 36.1 Å². The minimum atomic E-state index is -0.646. The monoisotopic (exact) mass is 356 g/mol. The Kier molecular flexibility index (Phi) is 5.85. The van der Waals surface area contributed by atoms with Crippen molar-refractivity contribution in [2.45, 2.75) is 46.1 Å². The number of anilines is 1. The van der Waals surface area contributed by atoms with E-state index >= 15 is 0 Å². The van der Waals surface area contributed by atoms with E-state index < -0.39 is 6.04 Å². The minimum absolute atomic E-state index is 0.0258. The van der Waals surface area contributed by atoms with Crippen LogP contribution in [0.1, 0.15) is 50.5 Å². The van der Waals surface area contributed by atoms with Gasteiger partial charge in [-0.05, 0) is 29.0 Å². The van der Waals surface area contributed by atoms with Gasteiger partial charge in [-0.15, -0.1) is 0 Å². The van der Waals surface area contributed by atoms with Gasteiger partial charge in [-0.25, -0.2) is 0 Å². The number of hydrogen-bond acceptors (Lipinski definition) is 3. The van der Waals surface area contributed by atoms with Gasteiger partial charge in [0.15, 0.2) is 5.82 Å². The lowest BCUT2D eigenvalue weighted by Gasteiger charge is -2.22. The fourth-order valence-electron chi connectivity index (χ4n) is 2.57. The molecule has 1 heterocycles. The van der Waals surface area contributed by atoms with Crippen molar-refractivity contribution in [3.05, 3.63) is 47.7 Å². The van der Waals surface area contributed by atoms with E-state index in [2.05, 4.69) is 36.5 Å². The molecule has 0 spiro atoms. The Bertz CT molecular complexity index is 770. The van der Waals surface area contributed by atoms with Crippen molar-refractivity contribution < 1.29 is 9.59 Å². The van der Waals surface area contributed by atoms with Gasteiger partial charge >= 0.3 is 0 Å². The minimum Gasteiger partial charge on any atom is -0.340 e. The molecule has 0 saturated carbocycles. The fourth-order valence-corrected chi connectivity index (χ4v) is 2.57. The summed E-state index contributed by atoms with van der Waals surface area (Å²) in [5, 5.41) is 9.71. The predicted molar refractivity (Wildman–Crippen MR) is 103 cm³/mol. The quantitative estimate of drug-likeness (QED) is 0.864. The summed E-state index contributed by atoms with van der Waals surface area (Å²) < 4.78 is 1.61. The van der Waals surface area contributed by atoms with Gasteiger partial charge in [-0.2, -0.15) is 5.10 Å². The van der Waals surface area contributed by atoms with Crippen molar-refractivity contribution in [1.82, 2.24) is 15.1 Å². The summed E-state index contributed by atoms with van der Waals surface area (Å²) in [6, 6.07) is 8.56. The second kappa shape index (κ2) is 7.72. The molecule has 1 aromatic heterocycles. The molecule has 0 fully saturated rings. The molecule has 2 rings (SSSR count). The maximum Gasteiger partial charge on any atom is 0.251 e. The number of nitrogens with zero attached hydrogens (tertiary/aromatic N) is 2. The summed E-state index contributed by atoms with van der Waals surface area (Å²) in [6.07, 6.45) is 1.75. The van der Waals surface area contributed by atoms with Crippen LogP contribution in [0.4, 0.5) is 5.82 Å². The van der Waals surface area contributed by atoms with Crippen molar-refractivity contribution in [3.63, 3.8) is 0 Å². The Hall–Kier alpha value is -2.63. The molecule has 0 aliphatic carbocycles. The smallest absolute Gasteiger partial charge is 0.251 e. The Morgan fingerprint density at radius 3 is 2.15 bits per heavy atom. The first kappa shape index (κ1) is 19.7. The topological polar surface area (TPSA) is 76.0 Å².